The van der Waals surface area contributed by atoms with Gasteiger partial charge in [-0.1, -0.05) is 33.6 Å². The van der Waals surface area contributed by atoms with E-state index >= 15 is 0 Å². The minimum atomic E-state index is -0.896. The summed E-state index contributed by atoms with van der Waals surface area (Å²) < 4.78 is 14.3. The molecule has 1 atom stereocenters. The molecular formula is C13H8Br2ClFO. The molecule has 5 heteroatoms. The third-order valence-corrected chi connectivity index (χ3v) is 3.96. The van der Waals surface area contributed by atoms with Crippen molar-refractivity contribution in [2.24, 2.45) is 0 Å². The van der Waals surface area contributed by atoms with Crippen molar-refractivity contribution < 1.29 is 9.50 Å². The highest BCUT2D eigenvalue weighted by atomic mass is 79.9. The quantitative estimate of drug-likeness (QED) is 0.753. The number of benzene rings is 2. The van der Waals surface area contributed by atoms with E-state index in [1.807, 2.05) is 0 Å². The van der Waals surface area contributed by atoms with Gasteiger partial charge in [0.15, 0.2) is 0 Å². The molecule has 0 amide bonds. The van der Waals surface area contributed by atoms with Gasteiger partial charge in [0.05, 0.1) is 4.47 Å². The molecule has 0 fully saturated rings. The largest absolute Gasteiger partial charge is 0.384 e. The Kier molecular flexibility index (Phi) is 4.43. The first kappa shape index (κ1) is 14.0. The van der Waals surface area contributed by atoms with Crippen molar-refractivity contribution in [3.8, 4) is 0 Å². The van der Waals surface area contributed by atoms with E-state index in [0.717, 1.165) is 4.47 Å². The summed E-state index contributed by atoms with van der Waals surface area (Å²) in [5, 5.41) is 10.7. The van der Waals surface area contributed by atoms with Crippen LogP contribution in [-0.2, 0) is 0 Å². The fraction of sp³-hybridized carbons (Fsp3) is 0.0769. The van der Waals surface area contributed by atoms with Gasteiger partial charge in [-0.05, 0) is 51.8 Å². The number of rotatable bonds is 2. The van der Waals surface area contributed by atoms with Crippen molar-refractivity contribution in [2.75, 3.05) is 0 Å². The van der Waals surface area contributed by atoms with Gasteiger partial charge in [-0.3, -0.25) is 0 Å². The minimum Gasteiger partial charge on any atom is -0.384 e. The Balaban J connectivity index is 2.44. The molecule has 0 aliphatic heterocycles. The summed E-state index contributed by atoms with van der Waals surface area (Å²) in [5.41, 5.74) is 1.15. The van der Waals surface area contributed by atoms with Crippen LogP contribution in [0.2, 0.25) is 5.02 Å². The van der Waals surface area contributed by atoms with E-state index in [9.17, 15) is 9.50 Å². The zero-order chi connectivity index (χ0) is 13.3. The Morgan fingerprint density at radius 2 is 1.83 bits per heavy atom. The lowest BCUT2D eigenvalue weighted by atomic mass is 10.0. The fourth-order valence-corrected chi connectivity index (χ4v) is 2.58. The van der Waals surface area contributed by atoms with Crippen LogP contribution in [0.5, 0.6) is 0 Å². The lowest BCUT2D eigenvalue weighted by Gasteiger charge is -2.14. The molecule has 2 rings (SSSR count). The second-order valence-electron chi connectivity index (χ2n) is 3.74. The summed E-state index contributed by atoms with van der Waals surface area (Å²) in [4.78, 5) is 0. The first-order valence-electron chi connectivity index (χ1n) is 5.07. The van der Waals surface area contributed by atoms with Gasteiger partial charge in [0, 0.05) is 15.1 Å². The van der Waals surface area contributed by atoms with Crippen LogP contribution in [0.1, 0.15) is 17.2 Å². The van der Waals surface area contributed by atoms with E-state index in [2.05, 4.69) is 31.9 Å². The highest BCUT2D eigenvalue weighted by molar-refractivity contribution is 9.10. The predicted molar refractivity (Wildman–Crippen MR) is 77.3 cm³/mol. The number of hydrogen-bond acceptors (Lipinski definition) is 1. The lowest BCUT2D eigenvalue weighted by molar-refractivity contribution is 0.220. The molecule has 0 aliphatic rings. The third kappa shape index (κ3) is 2.94. The van der Waals surface area contributed by atoms with Crippen molar-refractivity contribution in [1.82, 2.24) is 0 Å². The molecule has 1 N–H and O–H groups in total. The molecule has 1 nitrogen and oxygen atoms in total. The molecule has 0 bridgehead atoms. The summed E-state index contributed by atoms with van der Waals surface area (Å²) in [6.07, 6.45) is -0.896. The number of halogens is 4. The third-order valence-electron chi connectivity index (χ3n) is 2.51. The van der Waals surface area contributed by atoms with Gasteiger partial charge < -0.3 is 5.11 Å². The van der Waals surface area contributed by atoms with Gasteiger partial charge in [0.2, 0.25) is 0 Å². The Hall–Kier alpha value is -0.420. The van der Waals surface area contributed by atoms with Crippen LogP contribution < -0.4 is 0 Å². The molecule has 94 valence electrons. The van der Waals surface area contributed by atoms with E-state index in [0.29, 0.717) is 20.6 Å². The lowest BCUT2D eigenvalue weighted by Crippen LogP contribution is -2.01. The van der Waals surface area contributed by atoms with Crippen molar-refractivity contribution in [2.45, 2.75) is 6.10 Å². The normalized spacial score (nSPS) is 12.5. The second kappa shape index (κ2) is 5.70. The molecule has 18 heavy (non-hydrogen) atoms. The van der Waals surface area contributed by atoms with Crippen molar-refractivity contribution in [3.63, 3.8) is 0 Å². The number of aliphatic hydroxyl groups is 1. The highest BCUT2D eigenvalue weighted by Crippen LogP contribution is 2.32. The summed E-state index contributed by atoms with van der Waals surface area (Å²) in [7, 11) is 0. The van der Waals surface area contributed by atoms with Gasteiger partial charge in [-0.2, -0.15) is 0 Å². The van der Waals surface area contributed by atoms with Crippen molar-refractivity contribution in [1.29, 1.82) is 0 Å². The van der Waals surface area contributed by atoms with E-state index in [1.165, 1.54) is 18.2 Å². The SMILES string of the molecule is OC(c1ccc(F)c(Br)c1)c1cc(Br)ccc1Cl. The maximum absolute atomic E-state index is 13.1. The number of aliphatic hydroxyl groups excluding tert-OH is 1. The van der Waals surface area contributed by atoms with E-state index < -0.39 is 6.10 Å². The molecule has 2 aromatic carbocycles. The van der Waals surface area contributed by atoms with Crippen molar-refractivity contribution >= 4 is 43.5 Å². The molecule has 0 saturated carbocycles. The molecule has 2 aromatic rings. The van der Waals surface area contributed by atoms with Crippen LogP contribution in [0.4, 0.5) is 4.39 Å². The Morgan fingerprint density at radius 1 is 1.11 bits per heavy atom. The van der Waals surface area contributed by atoms with Gasteiger partial charge in [-0.25, -0.2) is 4.39 Å². The fourth-order valence-electron chi connectivity index (χ4n) is 1.59. The standard InChI is InChI=1S/C13H8Br2ClFO/c14-8-2-3-11(16)9(6-8)13(18)7-1-4-12(17)10(15)5-7/h1-6,13,18H. The average Bonchev–Trinajstić information content (AvgIpc) is 2.35. The molecule has 0 heterocycles. The van der Waals surface area contributed by atoms with Crippen LogP contribution in [0.3, 0.4) is 0 Å². The van der Waals surface area contributed by atoms with Crippen LogP contribution >= 0.6 is 43.5 Å². The number of hydrogen-bond donors (Lipinski definition) is 1. The maximum atomic E-state index is 13.1. The Labute approximate surface area is 126 Å². The van der Waals surface area contributed by atoms with Crippen LogP contribution in [0.25, 0.3) is 0 Å². The summed E-state index contributed by atoms with van der Waals surface area (Å²) in [5.74, 6) is -0.369. The zero-order valence-electron chi connectivity index (χ0n) is 9.00. The molecule has 0 saturated heterocycles. The first-order chi connectivity index (χ1) is 8.49. The van der Waals surface area contributed by atoms with Gasteiger partial charge in [0.25, 0.3) is 0 Å². The topological polar surface area (TPSA) is 20.2 Å². The molecule has 0 aliphatic carbocycles. The molecular weight excluding hydrogens is 386 g/mol. The molecule has 0 aromatic heterocycles. The van der Waals surface area contributed by atoms with Crippen LogP contribution in [0, 0.1) is 5.82 Å². The summed E-state index contributed by atoms with van der Waals surface area (Å²) in [6, 6.07) is 9.60. The van der Waals surface area contributed by atoms with Gasteiger partial charge >= 0.3 is 0 Å². The van der Waals surface area contributed by atoms with Gasteiger partial charge in [-0.15, -0.1) is 0 Å². The van der Waals surface area contributed by atoms with Crippen molar-refractivity contribution in [3.05, 3.63) is 67.3 Å². The zero-order valence-corrected chi connectivity index (χ0v) is 12.9. The minimum absolute atomic E-state index is 0.310. The van der Waals surface area contributed by atoms with Crippen LogP contribution in [-0.4, -0.2) is 5.11 Å². The predicted octanol–water partition coefficient (Wildman–Crippen LogP) is 5.09. The smallest absolute Gasteiger partial charge is 0.137 e. The second-order valence-corrected chi connectivity index (χ2v) is 5.92. The molecule has 1 unspecified atom stereocenters. The average molecular weight is 394 g/mol. The van der Waals surface area contributed by atoms with E-state index in [1.54, 1.807) is 18.2 Å². The Bertz CT molecular complexity index is 589. The van der Waals surface area contributed by atoms with E-state index in [4.69, 9.17) is 11.6 Å². The summed E-state index contributed by atoms with van der Waals surface area (Å²) in [6.45, 7) is 0. The monoisotopic (exact) mass is 392 g/mol. The first-order valence-corrected chi connectivity index (χ1v) is 7.03. The Morgan fingerprint density at radius 3 is 2.50 bits per heavy atom. The maximum Gasteiger partial charge on any atom is 0.137 e. The summed E-state index contributed by atoms with van der Waals surface area (Å²) >= 11 is 12.5. The van der Waals surface area contributed by atoms with E-state index in [-0.39, 0.29) is 5.82 Å². The van der Waals surface area contributed by atoms with Crippen LogP contribution in [0.15, 0.2) is 45.3 Å². The highest BCUT2D eigenvalue weighted by Gasteiger charge is 2.15. The molecule has 0 radical (unpaired) electrons. The van der Waals surface area contributed by atoms with Gasteiger partial charge in [0.1, 0.15) is 11.9 Å². The molecule has 0 spiro atoms.